The van der Waals surface area contributed by atoms with Crippen molar-refractivity contribution in [2.75, 3.05) is 5.43 Å². The van der Waals surface area contributed by atoms with E-state index in [2.05, 4.69) is 34.3 Å². The van der Waals surface area contributed by atoms with Crippen LogP contribution in [0.5, 0.6) is 5.75 Å². The zero-order chi connectivity index (χ0) is 19.3. The second-order valence-electron chi connectivity index (χ2n) is 6.40. The van der Waals surface area contributed by atoms with Crippen LogP contribution in [-0.2, 0) is 6.61 Å². The van der Waals surface area contributed by atoms with Crippen LogP contribution in [0.3, 0.4) is 0 Å². The van der Waals surface area contributed by atoms with Gasteiger partial charge in [0.1, 0.15) is 23.5 Å². The lowest BCUT2D eigenvalue weighted by Gasteiger charge is -2.06. The summed E-state index contributed by atoms with van der Waals surface area (Å²) in [5.74, 6) is 1.56. The molecule has 28 heavy (non-hydrogen) atoms. The lowest BCUT2D eigenvalue weighted by molar-refractivity contribution is 0.306. The Morgan fingerprint density at radius 2 is 1.82 bits per heavy atom. The highest BCUT2D eigenvalue weighted by Gasteiger charge is 2.11. The van der Waals surface area contributed by atoms with E-state index in [1.165, 1.54) is 10.4 Å². The number of rotatable bonds is 6. The van der Waals surface area contributed by atoms with E-state index in [-0.39, 0.29) is 0 Å². The van der Waals surface area contributed by atoms with E-state index in [0.717, 1.165) is 32.9 Å². The van der Waals surface area contributed by atoms with Gasteiger partial charge >= 0.3 is 0 Å². The molecule has 0 spiro atoms. The zero-order valence-electron chi connectivity index (χ0n) is 15.7. The van der Waals surface area contributed by atoms with Crippen LogP contribution in [-0.4, -0.2) is 16.2 Å². The third-order valence-corrected chi connectivity index (χ3v) is 5.59. The van der Waals surface area contributed by atoms with Crippen molar-refractivity contribution >= 4 is 33.6 Å². The Hall–Kier alpha value is -3.25. The summed E-state index contributed by atoms with van der Waals surface area (Å²) in [5, 5.41) is 5.37. The molecule has 0 saturated heterocycles. The summed E-state index contributed by atoms with van der Waals surface area (Å²) in [5.41, 5.74) is 6.36. The molecule has 4 aromatic rings. The maximum Gasteiger partial charge on any atom is 0.158 e. The van der Waals surface area contributed by atoms with Crippen molar-refractivity contribution in [2.24, 2.45) is 5.10 Å². The van der Waals surface area contributed by atoms with Gasteiger partial charge in [-0.3, -0.25) is 5.43 Å². The van der Waals surface area contributed by atoms with Gasteiger partial charge in [0, 0.05) is 4.88 Å². The number of ether oxygens (including phenoxy) is 1. The Kier molecular flexibility index (Phi) is 5.30. The van der Waals surface area contributed by atoms with Gasteiger partial charge in [-0.15, -0.1) is 11.3 Å². The van der Waals surface area contributed by atoms with Crippen LogP contribution in [0.25, 0.3) is 10.2 Å². The maximum atomic E-state index is 5.81. The molecule has 0 aliphatic heterocycles. The van der Waals surface area contributed by atoms with Gasteiger partial charge in [0.25, 0.3) is 0 Å². The molecule has 6 heteroatoms. The molecule has 2 aromatic heterocycles. The Bertz CT molecular complexity index is 1100. The van der Waals surface area contributed by atoms with Crippen molar-refractivity contribution in [3.63, 3.8) is 0 Å². The molecule has 0 amide bonds. The van der Waals surface area contributed by atoms with Gasteiger partial charge in [-0.1, -0.05) is 30.3 Å². The van der Waals surface area contributed by atoms with Gasteiger partial charge in [0.05, 0.1) is 11.6 Å². The normalized spacial score (nSPS) is 11.2. The molecule has 0 bridgehead atoms. The molecule has 0 aliphatic carbocycles. The quantitative estimate of drug-likeness (QED) is 0.358. The molecule has 0 fully saturated rings. The second kappa shape index (κ2) is 8.19. The number of benzene rings is 2. The molecule has 4 rings (SSSR count). The monoisotopic (exact) mass is 388 g/mol. The number of anilines is 1. The number of hydrogen-bond acceptors (Lipinski definition) is 6. The van der Waals surface area contributed by atoms with E-state index in [0.29, 0.717) is 6.61 Å². The molecule has 2 aromatic carbocycles. The number of nitrogens with one attached hydrogen (secondary N) is 1. The van der Waals surface area contributed by atoms with Gasteiger partial charge in [-0.05, 0) is 54.8 Å². The van der Waals surface area contributed by atoms with Crippen LogP contribution in [0.15, 0.2) is 66.0 Å². The van der Waals surface area contributed by atoms with Crippen LogP contribution in [0.1, 0.15) is 21.6 Å². The fourth-order valence-electron chi connectivity index (χ4n) is 2.83. The number of hydrogen-bond donors (Lipinski definition) is 1. The SMILES string of the molecule is Cc1sc2ncnc(N/N=C\c3ccc(OCc4ccccc4)cc3)c2c1C. The summed E-state index contributed by atoms with van der Waals surface area (Å²) < 4.78 is 5.81. The predicted molar refractivity (Wildman–Crippen MR) is 115 cm³/mol. The molecule has 140 valence electrons. The molecule has 0 saturated carbocycles. The minimum Gasteiger partial charge on any atom is -0.489 e. The van der Waals surface area contributed by atoms with Crippen molar-refractivity contribution in [3.8, 4) is 5.75 Å². The van der Waals surface area contributed by atoms with E-state index >= 15 is 0 Å². The minimum absolute atomic E-state index is 0.555. The average Bonchev–Trinajstić information content (AvgIpc) is 3.03. The number of thiophene rings is 1. The standard InChI is InChI=1S/C22H20N4OS/c1-15-16(2)28-22-20(15)21(23-14-24-22)26-25-12-17-8-10-19(11-9-17)27-13-18-6-4-3-5-7-18/h3-12,14H,13H2,1-2H3,(H,23,24,26)/b25-12-. The number of aromatic nitrogens is 2. The van der Waals surface area contributed by atoms with Crippen molar-refractivity contribution in [3.05, 3.63) is 82.5 Å². The van der Waals surface area contributed by atoms with E-state index in [1.807, 2.05) is 54.6 Å². The van der Waals surface area contributed by atoms with Gasteiger partial charge in [0.2, 0.25) is 0 Å². The summed E-state index contributed by atoms with van der Waals surface area (Å²) in [6.45, 7) is 4.73. The highest BCUT2D eigenvalue weighted by Crippen LogP contribution is 2.32. The van der Waals surface area contributed by atoms with Crippen molar-refractivity contribution in [1.29, 1.82) is 0 Å². The van der Waals surface area contributed by atoms with Gasteiger partial charge < -0.3 is 4.74 Å². The molecule has 0 radical (unpaired) electrons. The number of hydrazone groups is 1. The van der Waals surface area contributed by atoms with Crippen LogP contribution in [0, 0.1) is 13.8 Å². The second-order valence-corrected chi connectivity index (χ2v) is 7.60. The zero-order valence-corrected chi connectivity index (χ0v) is 16.5. The lowest BCUT2D eigenvalue weighted by Crippen LogP contribution is -1.96. The summed E-state index contributed by atoms with van der Waals surface area (Å²) in [6, 6.07) is 18.0. The Labute approximate surface area is 167 Å². The summed E-state index contributed by atoms with van der Waals surface area (Å²) >= 11 is 1.67. The van der Waals surface area contributed by atoms with Crippen LogP contribution in [0.4, 0.5) is 5.82 Å². The maximum absolute atomic E-state index is 5.81. The molecular weight excluding hydrogens is 368 g/mol. The van der Waals surface area contributed by atoms with E-state index < -0.39 is 0 Å². The largest absolute Gasteiger partial charge is 0.489 e. The van der Waals surface area contributed by atoms with E-state index in [4.69, 9.17) is 4.74 Å². The Balaban J connectivity index is 1.40. The highest BCUT2D eigenvalue weighted by molar-refractivity contribution is 7.18. The first-order valence-electron chi connectivity index (χ1n) is 8.97. The topological polar surface area (TPSA) is 59.4 Å². The summed E-state index contributed by atoms with van der Waals surface area (Å²) in [4.78, 5) is 10.9. The minimum atomic E-state index is 0.555. The van der Waals surface area contributed by atoms with Gasteiger partial charge in [-0.2, -0.15) is 5.10 Å². The average molecular weight is 388 g/mol. The first kappa shape index (κ1) is 18.1. The fourth-order valence-corrected chi connectivity index (χ4v) is 3.82. The van der Waals surface area contributed by atoms with Crippen LogP contribution >= 0.6 is 11.3 Å². The lowest BCUT2D eigenvalue weighted by atomic mass is 10.2. The summed E-state index contributed by atoms with van der Waals surface area (Å²) in [6.07, 6.45) is 3.33. The van der Waals surface area contributed by atoms with Crippen LogP contribution < -0.4 is 10.2 Å². The molecule has 0 unspecified atom stereocenters. The van der Waals surface area contributed by atoms with Gasteiger partial charge in [0.15, 0.2) is 5.82 Å². The molecule has 0 aliphatic rings. The molecular formula is C22H20N4OS. The van der Waals surface area contributed by atoms with Gasteiger partial charge in [-0.25, -0.2) is 9.97 Å². The number of nitrogens with zero attached hydrogens (tertiary/aromatic N) is 3. The first-order chi connectivity index (χ1) is 13.7. The Morgan fingerprint density at radius 1 is 1.04 bits per heavy atom. The summed E-state index contributed by atoms with van der Waals surface area (Å²) in [7, 11) is 0. The molecule has 0 atom stereocenters. The fraction of sp³-hybridized carbons (Fsp3) is 0.136. The number of fused-ring (bicyclic) bond motifs is 1. The van der Waals surface area contributed by atoms with E-state index in [9.17, 15) is 0 Å². The van der Waals surface area contributed by atoms with E-state index in [1.54, 1.807) is 23.9 Å². The Morgan fingerprint density at radius 3 is 2.61 bits per heavy atom. The highest BCUT2D eigenvalue weighted by atomic mass is 32.1. The van der Waals surface area contributed by atoms with Crippen molar-refractivity contribution in [1.82, 2.24) is 9.97 Å². The predicted octanol–water partition coefficient (Wildman–Crippen LogP) is 5.33. The first-order valence-corrected chi connectivity index (χ1v) is 9.79. The smallest absolute Gasteiger partial charge is 0.158 e. The third kappa shape index (κ3) is 4.02. The van der Waals surface area contributed by atoms with Crippen LogP contribution in [0.2, 0.25) is 0 Å². The van der Waals surface area contributed by atoms with Crippen molar-refractivity contribution in [2.45, 2.75) is 20.5 Å². The van der Waals surface area contributed by atoms with Crippen molar-refractivity contribution < 1.29 is 4.74 Å². The molecule has 2 heterocycles. The third-order valence-electron chi connectivity index (χ3n) is 4.48. The molecule has 5 nitrogen and oxygen atoms in total. The number of aryl methyl sites for hydroxylation is 2. The molecule has 1 N–H and O–H groups in total.